The molecule has 0 N–H and O–H groups in total. The van der Waals surface area contributed by atoms with Crippen LogP contribution in [0.3, 0.4) is 0 Å². The molecule has 1 aromatic heterocycles. The number of fused-ring (bicyclic) bond motifs is 1. The minimum absolute atomic E-state index is 0.0105. The molecule has 1 aromatic carbocycles. The zero-order valence-corrected chi connectivity index (χ0v) is 18.3. The maximum Gasteiger partial charge on any atom is 0.249 e. The van der Waals surface area contributed by atoms with Crippen LogP contribution in [0.1, 0.15) is 47.9 Å². The van der Waals surface area contributed by atoms with E-state index in [9.17, 15) is 9.59 Å². The number of amides is 2. The van der Waals surface area contributed by atoms with E-state index in [1.54, 1.807) is 12.0 Å². The molecule has 1 unspecified atom stereocenters. The summed E-state index contributed by atoms with van der Waals surface area (Å²) in [5.74, 6) is 2.00. The van der Waals surface area contributed by atoms with Gasteiger partial charge in [-0.15, -0.1) is 0 Å². The number of piperidine rings is 1. The van der Waals surface area contributed by atoms with Crippen molar-refractivity contribution in [3.8, 4) is 5.75 Å². The van der Waals surface area contributed by atoms with Gasteiger partial charge in [-0.1, -0.05) is 12.1 Å². The van der Waals surface area contributed by atoms with E-state index in [2.05, 4.69) is 0 Å². The Morgan fingerprint density at radius 2 is 1.94 bits per heavy atom. The Kier molecular flexibility index (Phi) is 6.18. The van der Waals surface area contributed by atoms with Gasteiger partial charge in [0.05, 0.1) is 26.1 Å². The number of aryl methyl sites for hydroxylation is 1. The maximum absolute atomic E-state index is 12.8. The number of hydrogen-bond acceptors (Lipinski definition) is 6. The van der Waals surface area contributed by atoms with Crippen LogP contribution in [-0.4, -0.2) is 54.1 Å². The fourth-order valence-corrected chi connectivity index (χ4v) is 4.33. The monoisotopic (exact) mass is 424 g/mol. The molecule has 8 heteroatoms. The van der Waals surface area contributed by atoms with Crippen molar-refractivity contribution in [3.63, 3.8) is 0 Å². The van der Waals surface area contributed by atoms with Crippen molar-refractivity contribution in [1.29, 1.82) is 0 Å². The number of benzene rings is 1. The number of rotatable bonds is 6. The average molecular weight is 425 g/mol. The molecule has 1 atom stereocenters. The van der Waals surface area contributed by atoms with E-state index in [0.717, 1.165) is 41.8 Å². The van der Waals surface area contributed by atoms with Crippen LogP contribution in [-0.2, 0) is 27.3 Å². The highest BCUT2D eigenvalue weighted by atomic mass is 16.5. The van der Waals surface area contributed by atoms with Crippen LogP contribution in [0.5, 0.6) is 5.75 Å². The lowest BCUT2D eigenvalue weighted by molar-refractivity contribution is -0.139. The molecule has 4 rings (SSSR count). The van der Waals surface area contributed by atoms with E-state index >= 15 is 0 Å². The molecule has 1 fully saturated rings. The first-order valence-electron chi connectivity index (χ1n) is 10.6. The number of aromatic nitrogens is 2. The van der Waals surface area contributed by atoms with Gasteiger partial charge >= 0.3 is 0 Å². The Morgan fingerprint density at radius 1 is 1.16 bits per heavy atom. The Hall–Kier alpha value is -3.00. The van der Waals surface area contributed by atoms with E-state index in [1.165, 1.54) is 7.11 Å². The van der Waals surface area contributed by atoms with Gasteiger partial charge < -0.3 is 14.4 Å². The van der Waals surface area contributed by atoms with Gasteiger partial charge in [0.1, 0.15) is 18.2 Å². The largest absolute Gasteiger partial charge is 0.497 e. The fraction of sp³-hybridized carbons (Fsp3) is 0.478. The summed E-state index contributed by atoms with van der Waals surface area (Å²) in [5.41, 5.74) is 2.66. The molecule has 31 heavy (non-hydrogen) atoms. The summed E-state index contributed by atoms with van der Waals surface area (Å²) in [6.07, 6.45) is 3.07. The highest BCUT2D eigenvalue weighted by Crippen LogP contribution is 2.35. The lowest BCUT2D eigenvalue weighted by atomic mass is 10.0. The number of methoxy groups -OCH3 is 2. The highest BCUT2D eigenvalue weighted by molar-refractivity contribution is 6.00. The molecular formula is C23H28N4O4. The summed E-state index contributed by atoms with van der Waals surface area (Å²) in [6, 6.07) is 7.47. The molecule has 0 bridgehead atoms. The van der Waals surface area contributed by atoms with Crippen molar-refractivity contribution >= 4 is 17.6 Å². The predicted octanol–water partition coefficient (Wildman–Crippen LogP) is 2.58. The molecule has 0 radical (unpaired) electrons. The van der Waals surface area contributed by atoms with Crippen molar-refractivity contribution in [2.75, 3.05) is 32.3 Å². The fourth-order valence-electron chi connectivity index (χ4n) is 4.33. The van der Waals surface area contributed by atoms with Crippen molar-refractivity contribution in [3.05, 3.63) is 46.9 Å². The van der Waals surface area contributed by atoms with Gasteiger partial charge in [-0.3, -0.25) is 14.5 Å². The van der Waals surface area contributed by atoms with Gasteiger partial charge in [0.25, 0.3) is 0 Å². The maximum atomic E-state index is 12.8. The summed E-state index contributed by atoms with van der Waals surface area (Å²) >= 11 is 0. The van der Waals surface area contributed by atoms with Gasteiger partial charge in [-0.05, 0) is 43.9 Å². The number of nitrogens with zero attached hydrogens (tertiary/aromatic N) is 4. The molecule has 0 spiro atoms. The van der Waals surface area contributed by atoms with Crippen molar-refractivity contribution < 1.29 is 19.1 Å². The molecule has 1 saturated heterocycles. The van der Waals surface area contributed by atoms with E-state index in [4.69, 9.17) is 19.4 Å². The second-order valence-electron chi connectivity index (χ2n) is 8.01. The number of ether oxygens (including phenoxy) is 2. The van der Waals surface area contributed by atoms with Crippen LogP contribution in [0, 0.1) is 6.92 Å². The topological polar surface area (TPSA) is 84.9 Å². The first-order valence-corrected chi connectivity index (χ1v) is 10.6. The molecule has 2 aliphatic rings. The number of likely N-dealkylation sites (tertiary alicyclic amines) is 1. The Bertz CT molecular complexity index is 976. The molecule has 0 saturated carbocycles. The van der Waals surface area contributed by atoms with Crippen LogP contribution in [0.4, 0.5) is 5.82 Å². The summed E-state index contributed by atoms with van der Waals surface area (Å²) in [6.45, 7) is 3.06. The minimum atomic E-state index is -0.195. The normalized spacial score (nSPS) is 18.3. The molecule has 3 heterocycles. The molecule has 0 aliphatic carbocycles. The standard InChI is InChI=1S/C23H28N4O4/c1-15-18-12-20(28)27(13-16-7-9-17(31-3)10-8-16)23(18)25-22(24-15)19-6-4-5-11-26(19)21(29)14-30-2/h7-10,19H,4-6,11-14H2,1-3H3. The lowest BCUT2D eigenvalue weighted by Gasteiger charge is -2.35. The molecular weight excluding hydrogens is 396 g/mol. The number of carbonyl (C=O) groups excluding carboxylic acids is 2. The second kappa shape index (κ2) is 9.01. The van der Waals surface area contributed by atoms with Gasteiger partial charge in [0.15, 0.2) is 5.82 Å². The summed E-state index contributed by atoms with van der Waals surface area (Å²) in [4.78, 5) is 38.5. The summed E-state index contributed by atoms with van der Waals surface area (Å²) < 4.78 is 10.3. The predicted molar refractivity (Wildman–Crippen MR) is 115 cm³/mol. The first-order chi connectivity index (χ1) is 15.0. The van der Waals surface area contributed by atoms with Gasteiger partial charge in [-0.2, -0.15) is 0 Å². The number of anilines is 1. The molecule has 8 nitrogen and oxygen atoms in total. The van der Waals surface area contributed by atoms with E-state index in [1.807, 2.05) is 36.1 Å². The zero-order valence-electron chi connectivity index (χ0n) is 18.3. The van der Waals surface area contributed by atoms with Crippen LogP contribution in [0.15, 0.2) is 24.3 Å². The Morgan fingerprint density at radius 3 is 2.65 bits per heavy atom. The van der Waals surface area contributed by atoms with Gasteiger partial charge in [0.2, 0.25) is 11.8 Å². The third kappa shape index (κ3) is 4.25. The first kappa shape index (κ1) is 21.2. The molecule has 164 valence electrons. The van der Waals surface area contributed by atoms with Crippen molar-refractivity contribution in [2.45, 2.75) is 45.2 Å². The second-order valence-corrected chi connectivity index (χ2v) is 8.01. The third-order valence-electron chi connectivity index (χ3n) is 5.98. The van der Waals surface area contributed by atoms with Crippen LogP contribution in [0.2, 0.25) is 0 Å². The average Bonchev–Trinajstić information content (AvgIpc) is 3.10. The molecule has 2 aliphatic heterocycles. The highest BCUT2D eigenvalue weighted by Gasteiger charge is 2.35. The van der Waals surface area contributed by atoms with Gasteiger partial charge in [0, 0.05) is 24.9 Å². The zero-order chi connectivity index (χ0) is 22.0. The molecule has 2 aromatic rings. The van der Waals surface area contributed by atoms with Crippen LogP contribution in [0.25, 0.3) is 0 Å². The van der Waals surface area contributed by atoms with E-state index < -0.39 is 0 Å². The molecule has 2 amide bonds. The smallest absolute Gasteiger partial charge is 0.249 e. The summed E-state index contributed by atoms with van der Waals surface area (Å²) in [7, 11) is 3.15. The number of hydrogen-bond donors (Lipinski definition) is 0. The van der Waals surface area contributed by atoms with Crippen LogP contribution >= 0.6 is 0 Å². The quantitative estimate of drug-likeness (QED) is 0.709. The third-order valence-corrected chi connectivity index (χ3v) is 5.98. The van der Waals surface area contributed by atoms with Crippen LogP contribution < -0.4 is 9.64 Å². The minimum Gasteiger partial charge on any atom is -0.497 e. The SMILES string of the molecule is COCC(=O)N1CCCCC1c1nc(C)c2c(n1)N(Cc1ccc(OC)cc1)C(=O)C2. The summed E-state index contributed by atoms with van der Waals surface area (Å²) in [5, 5.41) is 0. The number of carbonyl (C=O) groups is 2. The van der Waals surface area contributed by atoms with Crippen molar-refractivity contribution in [2.24, 2.45) is 0 Å². The van der Waals surface area contributed by atoms with Gasteiger partial charge in [-0.25, -0.2) is 9.97 Å². The van der Waals surface area contributed by atoms with E-state index in [-0.39, 0.29) is 24.5 Å². The Labute approximate surface area is 182 Å². The van der Waals surface area contributed by atoms with Crippen molar-refractivity contribution in [1.82, 2.24) is 14.9 Å². The lowest BCUT2D eigenvalue weighted by Crippen LogP contribution is -2.41. The Balaban J connectivity index is 1.65. The van der Waals surface area contributed by atoms with E-state index in [0.29, 0.717) is 31.2 Å².